The van der Waals surface area contributed by atoms with Gasteiger partial charge in [0.1, 0.15) is 0 Å². The quantitative estimate of drug-likeness (QED) is 0.467. The highest BCUT2D eigenvalue weighted by atomic mass is 16.6. The number of nitro groups is 1. The van der Waals surface area contributed by atoms with Crippen LogP contribution in [0.25, 0.3) is 0 Å². The molecule has 1 unspecified atom stereocenters. The Labute approximate surface area is 101 Å². The molecular formula is C13H18N2O2. The fourth-order valence-corrected chi connectivity index (χ4v) is 1.59. The summed E-state index contributed by atoms with van der Waals surface area (Å²) in [6.45, 7) is 8.12. The van der Waals surface area contributed by atoms with Gasteiger partial charge in [-0.3, -0.25) is 10.1 Å². The first-order chi connectivity index (χ1) is 8.04. The minimum absolute atomic E-state index is 0.181. The largest absolute Gasteiger partial charge is 0.310 e. The van der Waals surface area contributed by atoms with Crippen molar-refractivity contribution >= 4 is 5.69 Å². The van der Waals surface area contributed by atoms with E-state index in [0.29, 0.717) is 18.2 Å². The van der Waals surface area contributed by atoms with E-state index < -0.39 is 0 Å². The molecule has 17 heavy (non-hydrogen) atoms. The van der Waals surface area contributed by atoms with Gasteiger partial charge in [0.25, 0.3) is 5.69 Å². The van der Waals surface area contributed by atoms with Gasteiger partial charge in [-0.25, -0.2) is 0 Å². The molecule has 4 nitrogen and oxygen atoms in total. The molecule has 0 aliphatic heterocycles. The Bertz CT molecular complexity index is 416. The van der Waals surface area contributed by atoms with E-state index in [1.807, 2.05) is 12.1 Å². The van der Waals surface area contributed by atoms with E-state index in [9.17, 15) is 10.1 Å². The summed E-state index contributed by atoms with van der Waals surface area (Å²) < 4.78 is 0. The summed E-state index contributed by atoms with van der Waals surface area (Å²) in [5, 5.41) is 14.1. The van der Waals surface area contributed by atoms with Gasteiger partial charge >= 0.3 is 0 Å². The lowest BCUT2D eigenvalue weighted by molar-refractivity contribution is -0.385. The Morgan fingerprint density at radius 1 is 1.59 bits per heavy atom. The highest BCUT2D eigenvalue weighted by Crippen LogP contribution is 2.19. The van der Waals surface area contributed by atoms with Crippen molar-refractivity contribution in [1.82, 2.24) is 5.32 Å². The van der Waals surface area contributed by atoms with Crippen LogP contribution in [-0.4, -0.2) is 11.0 Å². The van der Waals surface area contributed by atoms with Gasteiger partial charge < -0.3 is 5.32 Å². The fourth-order valence-electron chi connectivity index (χ4n) is 1.59. The molecule has 1 aromatic carbocycles. The third-order valence-electron chi connectivity index (χ3n) is 2.65. The molecule has 0 saturated heterocycles. The van der Waals surface area contributed by atoms with Crippen molar-refractivity contribution < 1.29 is 4.92 Å². The van der Waals surface area contributed by atoms with Crippen LogP contribution in [0.4, 0.5) is 5.69 Å². The second-order valence-electron chi connectivity index (χ2n) is 4.18. The zero-order valence-electron chi connectivity index (χ0n) is 10.3. The number of aryl methyl sites for hydroxylation is 1. The molecule has 0 saturated carbocycles. The zero-order chi connectivity index (χ0) is 12.8. The zero-order valence-corrected chi connectivity index (χ0v) is 10.3. The topological polar surface area (TPSA) is 55.2 Å². The van der Waals surface area contributed by atoms with Crippen molar-refractivity contribution in [1.29, 1.82) is 0 Å². The second kappa shape index (κ2) is 6.15. The van der Waals surface area contributed by atoms with E-state index >= 15 is 0 Å². The third-order valence-corrected chi connectivity index (χ3v) is 2.65. The van der Waals surface area contributed by atoms with E-state index in [1.54, 1.807) is 19.1 Å². The molecule has 0 aliphatic carbocycles. The maximum atomic E-state index is 10.8. The Morgan fingerprint density at radius 2 is 2.29 bits per heavy atom. The van der Waals surface area contributed by atoms with Crippen molar-refractivity contribution in [2.75, 3.05) is 0 Å². The van der Waals surface area contributed by atoms with Crippen LogP contribution >= 0.6 is 0 Å². The minimum atomic E-state index is -0.341. The van der Waals surface area contributed by atoms with Crippen LogP contribution in [0.3, 0.4) is 0 Å². The molecule has 0 heterocycles. The number of benzene rings is 1. The number of hydrogen-bond acceptors (Lipinski definition) is 3. The average Bonchev–Trinajstić information content (AvgIpc) is 2.28. The van der Waals surface area contributed by atoms with E-state index in [1.165, 1.54) is 0 Å². The summed E-state index contributed by atoms with van der Waals surface area (Å²) in [6.07, 6.45) is 2.74. The van der Waals surface area contributed by atoms with Crippen molar-refractivity contribution in [2.45, 2.75) is 32.9 Å². The maximum Gasteiger partial charge on any atom is 0.272 e. The molecule has 0 aliphatic rings. The predicted octanol–water partition coefficient (Wildman–Crippen LogP) is 2.96. The number of rotatable bonds is 6. The Morgan fingerprint density at radius 3 is 2.88 bits per heavy atom. The lowest BCUT2D eigenvalue weighted by Gasteiger charge is -2.11. The second-order valence-corrected chi connectivity index (χ2v) is 4.18. The summed E-state index contributed by atoms with van der Waals surface area (Å²) in [7, 11) is 0. The number of nitrogens with one attached hydrogen (secondary N) is 1. The molecule has 92 valence electrons. The van der Waals surface area contributed by atoms with Gasteiger partial charge in [0.15, 0.2) is 0 Å². The lowest BCUT2D eigenvalue weighted by Crippen LogP contribution is -2.24. The molecule has 1 N–H and O–H groups in total. The minimum Gasteiger partial charge on any atom is -0.310 e. The van der Waals surface area contributed by atoms with E-state index in [0.717, 1.165) is 12.0 Å². The van der Waals surface area contributed by atoms with Crippen LogP contribution < -0.4 is 5.32 Å². The Balaban J connectivity index is 2.69. The van der Waals surface area contributed by atoms with E-state index in [-0.39, 0.29) is 10.6 Å². The normalized spacial score (nSPS) is 12.1. The monoisotopic (exact) mass is 234 g/mol. The van der Waals surface area contributed by atoms with E-state index in [4.69, 9.17) is 0 Å². The molecule has 0 amide bonds. The van der Waals surface area contributed by atoms with Gasteiger partial charge in [-0.15, -0.1) is 6.58 Å². The fraction of sp³-hybridized carbons (Fsp3) is 0.385. The molecule has 1 aromatic rings. The predicted molar refractivity (Wildman–Crippen MR) is 68.9 cm³/mol. The highest BCUT2D eigenvalue weighted by Gasteiger charge is 2.10. The summed E-state index contributed by atoms with van der Waals surface area (Å²) in [6, 6.07) is 5.65. The smallest absolute Gasteiger partial charge is 0.272 e. The summed E-state index contributed by atoms with van der Waals surface area (Å²) >= 11 is 0. The van der Waals surface area contributed by atoms with Crippen molar-refractivity contribution in [3.63, 3.8) is 0 Å². The van der Waals surface area contributed by atoms with Crippen LogP contribution in [0.5, 0.6) is 0 Å². The molecular weight excluding hydrogens is 216 g/mol. The van der Waals surface area contributed by atoms with Gasteiger partial charge in [-0.1, -0.05) is 18.2 Å². The Hall–Kier alpha value is -1.68. The van der Waals surface area contributed by atoms with Crippen LogP contribution in [0.15, 0.2) is 30.9 Å². The first-order valence-electron chi connectivity index (χ1n) is 5.62. The molecule has 0 bridgehead atoms. The van der Waals surface area contributed by atoms with Crippen LogP contribution in [-0.2, 0) is 6.54 Å². The molecule has 0 radical (unpaired) electrons. The molecule has 0 fully saturated rings. The highest BCUT2D eigenvalue weighted by molar-refractivity contribution is 5.42. The van der Waals surface area contributed by atoms with E-state index in [2.05, 4.69) is 18.8 Å². The SMILES string of the molecule is C=CCC(C)NCc1ccc(C)c([N+](=O)[O-])c1. The standard InChI is InChI=1S/C13H18N2O2/c1-4-5-11(3)14-9-12-7-6-10(2)13(8-12)15(16)17/h4,6-8,11,14H,1,5,9H2,2-3H3. The first-order valence-corrected chi connectivity index (χ1v) is 5.62. The molecule has 0 aromatic heterocycles. The Kier molecular flexibility index (Phi) is 4.84. The average molecular weight is 234 g/mol. The van der Waals surface area contributed by atoms with Crippen molar-refractivity contribution in [3.05, 3.63) is 52.1 Å². The number of hydrogen-bond donors (Lipinski definition) is 1. The van der Waals surface area contributed by atoms with Gasteiger partial charge in [0.05, 0.1) is 4.92 Å². The van der Waals surface area contributed by atoms with Gasteiger partial charge in [0, 0.05) is 24.2 Å². The first kappa shape index (κ1) is 13.4. The molecule has 4 heteroatoms. The lowest BCUT2D eigenvalue weighted by atomic mass is 10.1. The van der Waals surface area contributed by atoms with Crippen LogP contribution in [0, 0.1) is 17.0 Å². The van der Waals surface area contributed by atoms with Crippen molar-refractivity contribution in [2.24, 2.45) is 0 Å². The van der Waals surface area contributed by atoms with Gasteiger partial charge in [0.2, 0.25) is 0 Å². The molecule has 0 spiro atoms. The van der Waals surface area contributed by atoms with Crippen molar-refractivity contribution in [3.8, 4) is 0 Å². The molecule has 1 rings (SSSR count). The van der Waals surface area contributed by atoms with Crippen LogP contribution in [0.2, 0.25) is 0 Å². The van der Waals surface area contributed by atoms with Crippen LogP contribution in [0.1, 0.15) is 24.5 Å². The van der Waals surface area contributed by atoms with Gasteiger partial charge in [-0.05, 0) is 25.8 Å². The third kappa shape index (κ3) is 4.00. The maximum absolute atomic E-state index is 10.8. The number of nitrogens with zero attached hydrogens (tertiary/aromatic N) is 1. The number of nitro benzene ring substituents is 1. The van der Waals surface area contributed by atoms with Gasteiger partial charge in [-0.2, -0.15) is 0 Å². The molecule has 1 atom stereocenters. The summed E-state index contributed by atoms with van der Waals surface area (Å²) in [4.78, 5) is 10.4. The summed E-state index contributed by atoms with van der Waals surface area (Å²) in [5.74, 6) is 0. The summed E-state index contributed by atoms with van der Waals surface area (Å²) in [5.41, 5.74) is 1.80.